The van der Waals surface area contributed by atoms with Crippen LogP contribution in [0.1, 0.15) is 19.4 Å². The summed E-state index contributed by atoms with van der Waals surface area (Å²) in [5, 5.41) is 10.1. The number of hydrogen-bond acceptors (Lipinski definition) is 5. The van der Waals surface area contributed by atoms with Crippen LogP contribution in [0.2, 0.25) is 0 Å². The van der Waals surface area contributed by atoms with Gasteiger partial charge in [0.2, 0.25) is 0 Å². The summed E-state index contributed by atoms with van der Waals surface area (Å²) in [6.07, 6.45) is -0.0388. The van der Waals surface area contributed by atoms with Crippen LogP contribution in [0.5, 0.6) is 5.75 Å². The zero-order valence-electron chi connectivity index (χ0n) is 13.7. The Hall–Kier alpha value is -1.14. The largest absolute Gasteiger partial charge is 0.497 e. The molecule has 22 heavy (non-hydrogen) atoms. The number of morpholine rings is 1. The third-order valence-electron chi connectivity index (χ3n) is 3.70. The van der Waals surface area contributed by atoms with Crippen molar-refractivity contribution in [2.75, 3.05) is 33.4 Å². The van der Waals surface area contributed by atoms with Crippen molar-refractivity contribution in [2.24, 2.45) is 0 Å². The number of ether oxygens (including phenoxy) is 3. The van der Waals surface area contributed by atoms with Gasteiger partial charge < -0.3 is 19.3 Å². The number of methoxy groups -OCH3 is 1. The van der Waals surface area contributed by atoms with Gasteiger partial charge in [-0.1, -0.05) is 12.1 Å². The fraction of sp³-hybridized carbons (Fsp3) is 0.647. The second-order valence-electron chi connectivity index (χ2n) is 5.99. The maximum absolute atomic E-state index is 10.1. The molecule has 1 heterocycles. The van der Waals surface area contributed by atoms with Crippen molar-refractivity contribution >= 4 is 0 Å². The van der Waals surface area contributed by atoms with Gasteiger partial charge in [-0.25, -0.2) is 0 Å². The number of benzene rings is 1. The van der Waals surface area contributed by atoms with Crippen molar-refractivity contribution in [3.05, 3.63) is 29.8 Å². The lowest BCUT2D eigenvalue weighted by Crippen LogP contribution is -2.48. The molecule has 3 unspecified atom stereocenters. The highest BCUT2D eigenvalue weighted by Gasteiger charge is 2.23. The van der Waals surface area contributed by atoms with E-state index in [-0.39, 0.29) is 12.2 Å². The molecule has 1 N–H and O–H groups in total. The van der Waals surface area contributed by atoms with Gasteiger partial charge in [0, 0.05) is 19.6 Å². The fourth-order valence-corrected chi connectivity index (χ4v) is 2.82. The molecule has 1 fully saturated rings. The molecule has 1 saturated heterocycles. The number of aliphatic hydroxyl groups is 1. The standard InChI is InChI=1S/C17H27NO4/c1-13-8-18(9-14(2)22-13)10-16(19)12-21-11-15-4-6-17(20-3)7-5-15/h4-7,13-14,16,19H,8-12H2,1-3H3. The summed E-state index contributed by atoms with van der Waals surface area (Å²) < 4.78 is 16.4. The number of β-amino-alcohol motifs (C(OH)–C–C–N with tert-alkyl or cyclic N) is 1. The first-order valence-electron chi connectivity index (χ1n) is 7.83. The summed E-state index contributed by atoms with van der Waals surface area (Å²) in [7, 11) is 1.65. The highest BCUT2D eigenvalue weighted by molar-refractivity contribution is 5.26. The zero-order chi connectivity index (χ0) is 15.9. The smallest absolute Gasteiger partial charge is 0.118 e. The molecule has 0 aliphatic carbocycles. The van der Waals surface area contributed by atoms with Gasteiger partial charge in [-0.3, -0.25) is 4.90 Å². The lowest BCUT2D eigenvalue weighted by Gasteiger charge is -2.36. The molecule has 2 rings (SSSR count). The Bertz CT molecular complexity index is 427. The van der Waals surface area contributed by atoms with E-state index in [1.54, 1.807) is 7.11 Å². The van der Waals surface area contributed by atoms with Gasteiger partial charge in [0.25, 0.3) is 0 Å². The predicted molar refractivity (Wildman–Crippen MR) is 85.1 cm³/mol. The average Bonchev–Trinajstić information content (AvgIpc) is 2.47. The average molecular weight is 309 g/mol. The molecule has 124 valence electrons. The highest BCUT2D eigenvalue weighted by atomic mass is 16.5. The summed E-state index contributed by atoms with van der Waals surface area (Å²) in [6, 6.07) is 7.75. The minimum absolute atomic E-state index is 0.219. The molecule has 1 aromatic rings. The molecule has 0 bridgehead atoms. The van der Waals surface area contributed by atoms with E-state index in [1.807, 2.05) is 24.3 Å². The van der Waals surface area contributed by atoms with Crippen LogP contribution >= 0.6 is 0 Å². The summed E-state index contributed by atoms with van der Waals surface area (Å²) >= 11 is 0. The molecule has 1 aromatic carbocycles. The molecule has 3 atom stereocenters. The van der Waals surface area contributed by atoms with Crippen molar-refractivity contribution < 1.29 is 19.3 Å². The van der Waals surface area contributed by atoms with E-state index in [9.17, 15) is 5.11 Å². The van der Waals surface area contributed by atoms with E-state index < -0.39 is 6.10 Å². The van der Waals surface area contributed by atoms with Crippen LogP contribution in [-0.4, -0.2) is 61.7 Å². The van der Waals surface area contributed by atoms with Crippen molar-refractivity contribution in [1.29, 1.82) is 0 Å². The van der Waals surface area contributed by atoms with E-state index in [4.69, 9.17) is 14.2 Å². The minimum Gasteiger partial charge on any atom is -0.497 e. The third-order valence-corrected chi connectivity index (χ3v) is 3.70. The molecular weight excluding hydrogens is 282 g/mol. The molecule has 1 aliphatic heterocycles. The van der Waals surface area contributed by atoms with Gasteiger partial charge >= 0.3 is 0 Å². The lowest BCUT2D eigenvalue weighted by molar-refractivity contribution is -0.0826. The van der Waals surface area contributed by atoms with Crippen LogP contribution in [0.3, 0.4) is 0 Å². The third kappa shape index (κ3) is 5.57. The normalized spacial score (nSPS) is 24.2. The molecule has 0 spiro atoms. The first-order chi connectivity index (χ1) is 10.6. The second kappa shape index (κ2) is 8.48. The molecule has 0 saturated carbocycles. The maximum atomic E-state index is 10.1. The summed E-state index contributed by atoms with van der Waals surface area (Å²) in [6.45, 7) is 7.31. The zero-order valence-corrected chi connectivity index (χ0v) is 13.7. The lowest BCUT2D eigenvalue weighted by atomic mass is 10.2. The fourth-order valence-electron chi connectivity index (χ4n) is 2.82. The van der Waals surface area contributed by atoms with Crippen LogP contribution in [0.4, 0.5) is 0 Å². The molecule has 5 heteroatoms. The van der Waals surface area contributed by atoms with Crippen molar-refractivity contribution in [3.63, 3.8) is 0 Å². The van der Waals surface area contributed by atoms with Crippen LogP contribution in [0, 0.1) is 0 Å². The second-order valence-corrected chi connectivity index (χ2v) is 5.99. The molecule has 5 nitrogen and oxygen atoms in total. The van der Waals surface area contributed by atoms with E-state index in [0.717, 1.165) is 24.4 Å². The molecule has 1 aliphatic rings. The quantitative estimate of drug-likeness (QED) is 0.830. The number of rotatable bonds is 7. The van der Waals surface area contributed by atoms with Crippen LogP contribution < -0.4 is 4.74 Å². The molecular formula is C17H27NO4. The van der Waals surface area contributed by atoms with E-state index in [1.165, 1.54) is 0 Å². The van der Waals surface area contributed by atoms with Gasteiger partial charge in [-0.05, 0) is 31.5 Å². The summed E-state index contributed by atoms with van der Waals surface area (Å²) in [5.74, 6) is 0.833. The van der Waals surface area contributed by atoms with E-state index >= 15 is 0 Å². The monoisotopic (exact) mass is 309 g/mol. The Morgan fingerprint density at radius 2 is 1.86 bits per heavy atom. The van der Waals surface area contributed by atoms with Gasteiger partial charge in [-0.2, -0.15) is 0 Å². The Labute approximate surface area is 132 Å². The Kier molecular flexibility index (Phi) is 6.64. The molecule has 0 aromatic heterocycles. The Morgan fingerprint density at radius 3 is 2.45 bits per heavy atom. The highest BCUT2D eigenvalue weighted by Crippen LogP contribution is 2.13. The molecule has 0 radical (unpaired) electrons. The van der Waals surface area contributed by atoms with Gasteiger partial charge in [-0.15, -0.1) is 0 Å². The summed E-state index contributed by atoms with van der Waals surface area (Å²) in [4.78, 5) is 2.24. The number of nitrogens with zero attached hydrogens (tertiary/aromatic N) is 1. The van der Waals surface area contributed by atoms with Gasteiger partial charge in [0.1, 0.15) is 5.75 Å². The first-order valence-corrected chi connectivity index (χ1v) is 7.83. The van der Waals surface area contributed by atoms with Crippen LogP contribution in [-0.2, 0) is 16.1 Å². The first kappa shape index (κ1) is 17.2. The maximum Gasteiger partial charge on any atom is 0.118 e. The van der Waals surface area contributed by atoms with Gasteiger partial charge in [0.15, 0.2) is 0 Å². The number of hydrogen-bond donors (Lipinski definition) is 1. The van der Waals surface area contributed by atoms with Crippen LogP contribution in [0.15, 0.2) is 24.3 Å². The van der Waals surface area contributed by atoms with Crippen LogP contribution in [0.25, 0.3) is 0 Å². The van der Waals surface area contributed by atoms with E-state index in [0.29, 0.717) is 19.8 Å². The Balaban J connectivity index is 1.67. The van der Waals surface area contributed by atoms with Crippen molar-refractivity contribution in [3.8, 4) is 5.75 Å². The van der Waals surface area contributed by atoms with Crippen molar-refractivity contribution in [2.45, 2.75) is 38.8 Å². The topological polar surface area (TPSA) is 51.2 Å². The van der Waals surface area contributed by atoms with Gasteiger partial charge in [0.05, 0.1) is 38.6 Å². The SMILES string of the molecule is COc1ccc(COCC(O)CN2CC(C)OC(C)C2)cc1. The van der Waals surface area contributed by atoms with Crippen molar-refractivity contribution in [1.82, 2.24) is 4.90 Å². The molecule has 0 amide bonds. The van der Waals surface area contributed by atoms with E-state index in [2.05, 4.69) is 18.7 Å². The Morgan fingerprint density at radius 1 is 1.23 bits per heavy atom. The number of aliphatic hydroxyl groups excluding tert-OH is 1. The minimum atomic E-state index is -0.476. The predicted octanol–water partition coefficient (Wildman–Crippen LogP) is 1.68. The summed E-state index contributed by atoms with van der Waals surface area (Å²) in [5.41, 5.74) is 1.07.